The molecule has 1 aliphatic heterocycles. The lowest BCUT2D eigenvalue weighted by Crippen LogP contribution is -2.40. The van der Waals surface area contributed by atoms with E-state index in [1.54, 1.807) is 24.3 Å². The molecule has 0 saturated carbocycles. The first-order valence-electron chi connectivity index (χ1n) is 11.7. The molecule has 2 atom stereocenters. The molecule has 3 rings (SSSR count). The molecule has 0 radical (unpaired) electrons. The summed E-state index contributed by atoms with van der Waals surface area (Å²) in [7, 11) is 0. The maximum absolute atomic E-state index is 10.7. The van der Waals surface area contributed by atoms with Crippen molar-refractivity contribution in [3.8, 4) is 17.2 Å². The minimum atomic E-state index is -0.450. The monoisotopic (exact) mass is 440 g/mol. The molecule has 0 bridgehead atoms. The van der Waals surface area contributed by atoms with Crippen LogP contribution in [-0.4, -0.2) is 29.4 Å². The summed E-state index contributed by atoms with van der Waals surface area (Å²) in [6.07, 6.45) is 8.99. The van der Waals surface area contributed by atoms with Gasteiger partial charge >= 0.3 is 6.03 Å². The van der Waals surface area contributed by atoms with E-state index in [1.807, 2.05) is 18.2 Å². The van der Waals surface area contributed by atoms with Crippen LogP contribution in [-0.2, 0) is 5.41 Å². The number of phenols is 2. The van der Waals surface area contributed by atoms with Crippen LogP contribution in [0.2, 0.25) is 0 Å². The number of carbonyl (C=O) groups is 1. The highest BCUT2D eigenvalue weighted by molar-refractivity contribution is 5.71. The second-order valence-corrected chi connectivity index (χ2v) is 9.08. The number of amides is 2. The summed E-state index contributed by atoms with van der Waals surface area (Å²) >= 11 is 0. The van der Waals surface area contributed by atoms with Gasteiger partial charge < -0.3 is 26.0 Å². The molecule has 2 aromatic rings. The average molecular weight is 441 g/mol. The second-order valence-electron chi connectivity index (χ2n) is 9.08. The lowest BCUT2D eigenvalue weighted by atomic mass is 9.66. The average Bonchev–Trinajstić information content (AvgIpc) is 2.76. The number of aromatic hydroxyl groups is 2. The Morgan fingerprint density at radius 1 is 1.00 bits per heavy atom. The van der Waals surface area contributed by atoms with Crippen molar-refractivity contribution >= 4 is 6.03 Å². The number of ether oxygens (including phenoxy) is 1. The van der Waals surface area contributed by atoms with Gasteiger partial charge in [-0.3, -0.25) is 0 Å². The molecule has 0 saturated heterocycles. The molecular formula is C26H36N2O4. The molecule has 2 aromatic carbocycles. The fourth-order valence-corrected chi connectivity index (χ4v) is 4.78. The Morgan fingerprint density at radius 3 is 2.31 bits per heavy atom. The predicted molar refractivity (Wildman–Crippen MR) is 126 cm³/mol. The van der Waals surface area contributed by atoms with E-state index in [-0.39, 0.29) is 22.8 Å². The first kappa shape index (κ1) is 23.8. The third-order valence-corrected chi connectivity index (χ3v) is 6.66. The number of hydrogen-bond acceptors (Lipinski definition) is 4. The van der Waals surface area contributed by atoms with E-state index in [0.717, 1.165) is 42.6 Å². The van der Waals surface area contributed by atoms with Crippen molar-refractivity contribution in [3.05, 3.63) is 53.6 Å². The summed E-state index contributed by atoms with van der Waals surface area (Å²) in [6, 6.07) is 12.5. The number of nitrogens with one attached hydrogen (secondary N) is 1. The Kier molecular flexibility index (Phi) is 8.26. The number of rotatable bonds is 11. The van der Waals surface area contributed by atoms with E-state index in [2.05, 4.69) is 12.2 Å². The number of carbonyl (C=O) groups excluding carboxylic acids is 1. The summed E-state index contributed by atoms with van der Waals surface area (Å²) in [5.74, 6) is 1.54. The maximum atomic E-state index is 10.7. The third kappa shape index (κ3) is 6.09. The Bertz CT molecular complexity index is 884. The second kappa shape index (κ2) is 11.1. The lowest BCUT2D eigenvalue weighted by molar-refractivity contribution is 0.162. The van der Waals surface area contributed by atoms with Gasteiger partial charge in [-0.25, -0.2) is 4.79 Å². The van der Waals surface area contributed by atoms with Crippen molar-refractivity contribution in [3.63, 3.8) is 0 Å². The topological polar surface area (TPSA) is 105 Å². The van der Waals surface area contributed by atoms with Crippen molar-refractivity contribution in [2.45, 2.75) is 69.6 Å². The molecule has 6 nitrogen and oxygen atoms in total. The van der Waals surface area contributed by atoms with E-state index >= 15 is 0 Å². The minimum Gasteiger partial charge on any atom is -0.508 e. The number of fused-ring (bicyclic) bond motifs is 1. The number of primary amides is 1. The van der Waals surface area contributed by atoms with Crippen LogP contribution in [0.1, 0.15) is 75.3 Å². The van der Waals surface area contributed by atoms with E-state index < -0.39 is 6.03 Å². The molecule has 5 N–H and O–H groups in total. The number of nitrogens with two attached hydrogens (primary N) is 1. The smallest absolute Gasteiger partial charge is 0.312 e. The maximum Gasteiger partial charge on any atom is 0.312 e. The van der Waals surface area contributed by atoms with Gasteiger partial charge in [-0.2, -0.15) is 0 Å². The van der Waals surface area contributed by atoms with Gasteiger partial charge in [0.2, 0.25) is 0 Å². The number of urea groups is 1. The number of phenolic OH excluding ortho intramolecular Hbond substituents is 2. The Labute approximate surface area is 190 Å². The van der Waals surface area contributed by atoms with Crippen LogP contribution < -0.4 is 15.8 Å². The highest BCUT2D eigenvalue weighted by Crippen LogP contribution is 2.49. The van der Waals surface area contributed by atoms with Crippen LogP contribution in [0.5, 0.6) is 17.2 Å². The van der Waals surface area contributed by atoms with Crippen molar-refractivity contribution in [1.82, 2.24) is 5.32 Å². The third-order valence-electron chi connectivity index (χ3n) is 6.66. The van der Waals surface area contributed by atoms with Crippen molar-refractivity contribution < 1.29 is 19.7 Å². The SMILES string of the molecule is C[C@]1(c2ccc(O)cc2)COc2cc(O)ccc2[C@H]1CCCCCCCCCNC(N)=O. The van der Waals surface area contributed by atoms with E-state index in [1.165, 1.54) is 25.7 Å². The molecule has 6 heteroatoms. The van der Waals surface area contributed by atoms with E-state index in [4.69, 9.17) is 10.5 Å². The summed E-state index contributed by atoms with van der Waals surface area (Å²) in [5, 5.41) is 22.2. The summed E-state index contributed by atoms with van der Waals surface area (Å²) in [4.78, 5) is 10.7. The minimum absolute atomic E-state index is 0.203. The van der Waals surface area contributed by atoms with Gasteiger partial charge in [0, 0.05) is 23.9 Å². The van der Waals surface area contributed by atoms with Crippen LogP contribution in [0.4, 0.5) is 4.79 Å². The summed E-state index contributed by atoms with van der Waals surface area (Å²) in [6.45, 7) is 3.43. The quantitative estimate of drug-likeness (QED) is 0.355. The Morgan fingerprint density at radius 2 is 1.62 bits per heavy atom. The molecule has 32 heavy (non-hydrogen) atoms. The van der Waals surface area contributed by atoms with Gasteiger partial charge in [-0.1, -0.05) is 63.6 Å². The molecular weight excluding hydrogens is 404 g/mol. The predicted octanol–water partition coefficient (Wildman–Crippen LogP) is 5.32. The van der Waals surface area contributed by atoms with Crippen LogP contribution in [0, 0.1) is 0 Å². The zero-order valence-electron chi connectivity index (χ0n) is 19.0. The van der Waals surface area contributed by atoms with Gasteiger partial charge in [0.15, 0.2) is 0 Å². The normalized spacial score (nSPS) is 19.7. The van der Waals surface area contributed by atoms with Crippen LogP contribution in [0.3, 0.4) is 0 Å². The summed E-state index contributed by atoms with van der Waals surface area (Å²) < 4.78 is 6.08. The molecule has 174 valence electrons. The van der Waals surface area contributed by atoms with Crippen molar-refractivity contribution in [2.75, 3.05) is 13.2 Å². The van der Waals surface area contributed by atoms with E-state index in [9.17, 15) is 15.0 Å². The van der Waals surface area contributed by atoms with Gasteiger partial charge in [0.1, 0.15) is 17.2 Å². The van der Waals surface area contributed by atoms with Crippen LogP contribution in [0.15, 0.2) is 42.5 Å². The number of benzene rings is 2. The summed E-state index contributed by atoms with van der Waals surface area (Å²) in [5.41, 5.74) is 7.17. The molecule has 2 amide bonds. The lowest BCUT2D eigenvalue weighted by Gasteiger charge is -2.43. The standard InChI is InChI=1S/C26H36N2O4/c1-26(19-10-12-20(29)13-11-19)18-32-24-17-21(30)14-15-22(24)23(26)9-7-5-3-2-4-6-8-16-28-25(27)31/h10-15,17,23,29-30H,2-9,16,18H2,1H3,(H3,27,28,31)/t23-,26-/m1/s1. The first-order valence-corrected chi connectivity index (χ1v) is 11.7. The molecule has 0 aliphatic carbocycles. The van der Waals surface area contributed by atoms with Gasteiger partial charge in [0.05, 0.1) is 6.61 Å². The Balaban J connectivity index is 1.56. The zero-order valence-corrected chi connectivity index (χ0v) is 19.0. The molecule has 0 unspecified atom stereocenters. The van der Waals surface area contributed by atoms with Crippen molar-refractivity contribution in [1.29, 1.82) is 0 Å². The van der Waals surface area contributed by atoms with Crippen LogP contribution in [0.25, 0.3) is 0 Å². The highest BCUT2D eigenvalue weighted by atomic mass is 16.5. The molecule has 0 spiro atoms. The Hall–Kier alpha value is -2.89. The fraction of sp³-hybridized carbons (Fsp3) is 0.500. The fourth-order valence-electron chi connectivity index (χ4n) is 4.78. The highest BCUT2D eigenvalue weighted by Gasteiger charge is 2.42. The van der Waals surface area contributed by atoms with Gasteiger partial charge in [-0.15, -0.1) is 0 Å². The zero-order chi connectivity index (χ0) is 23.0. The first-order chi connectivity index (χ1) is 15.4. The largest absolute Gasteiger partial charge is 0.508 e. The molecule has 1 heterocycles. The number of hydrogen-bond donors (Lipinski definition) is 4. The van der Waals surface area contributed by atoms with Gasteiger partial charge in [0.25, 0.3) is 0 Å². The van der Waals surface area contributed by atoms with E-state index in [0.29, 0.717) is 13.2 Å². The van der Waals surface area contributed by atoms with Gasteiger partial charge in [-0.05, 0) is 42.2 Å². The molecule has 1 aliphatic rings. The molecule has 0 fully saturated rings. The molecule has 0 aromatic heterocycles. The van der Waals surface area contributed by atoms with Crippen LogP contribution >= 0.6 is 0 Å². The number of unbranched alkanes of at least 4 members (excludes halogenated alkanes) is 6. The van der Waals surface area contributed by atoms with Crippen molar-refractivity contribution in [2.24, 2.45) is 5.73 Å².